The second-order valence-corrected chi connectivity index (χ2v) is 5.73. The molecule has 1 fully saturated rings. The molecular formula is C16H24O3. The van der Waals surface area contributed by atoms with Gasteiger partial charge in [-0.1, -0.05) is 33.8 Å². The molecule has 3 nitrogen and oxygen atoms in total. The first kappa shape index (κ1) is 14.4. The van der Waals surface area contributed by atoms with E-state index in [1.807, 2.05) is 12.1 Å². The molecule has 106 valence electrons. The van der Waals surface area contributed by atoms with E-state index in [-0.39, 0.29) is 6.29 Å². The molecule has 0 bridgehead atoms. The van der Waals surface area contributed by atoms with Crippen LogP contribution in [0.25, 0.3) is 0 Å². The number of hydrogen-bond acceptors (Lipinski definition) is 3. The van der Waals surface area contributed by atoms with Crippen molar-refractivity contribution in [3.05, 3.63) is 29.3 Å². The quantitative estimate of drug-likeness (QED) is 0.807. The fourth-order valence-electron chi connectivity index (χ4n) is 2.10. The summed E-state index contributed by atoms with van der Waals surface area (Å²) < 4.78 is 17.0. The molecule has 0 aromatic heterocycles. The highest BCUT2D eigenvalue weighted by Crippen LogP contribution is 2.32. The van der Waals surface area contributed by atoms with Gasteiger partial charge in [0.05, 0.1) is 19.8 Å². The Bertz CT molecular complexity index is 406. The Hall–Kier alpha value is -1.06. The van der Waals surface area contributed by atoms with Crippen molar-refractivity contribution in [3.8, 4) is 5.75 Å². The Morgan fingerprint density at radius 1 is 1.16 bits per heavy atom. The summed E-state index contributed by atoms with van der Waals surface area (Å²) in [6.07, 6.45) is -0.211. The summed E-state index contributed by atoms with van der Waals surface area (Å²) in [7, 11) is 0. The highest BCUT2D eigenvalue weighted by atomic mass is 16.7. The molecule has 19 heavy (non-hydrogen) atoms. The fourth-order valence-corrected chi connectivity index (χ4v) is 2.10. The zero-order valence-corrected chi connectivity index (χ0v) is 12.3. The number of benzene rings is 1. The minimum atomic E-state index is -0.211. The monoisotopic (exact) mass is 264 g/mol. The molecule has 2 rings (SSSR count). The fraction of sp³-hybridized carbons (Fsp3) is 0.625. The third kappa shape index (κ3) is 3.71. The van der Waals surface area contributed by atoms with E-state index in [4.69, 9.17) is 14.2 Å². The number of hydrogen-bond donors (Lipinski definition) is 0. The van der Waals surface area contributed by atoms with Crippen LogP contribution in [0, 0.1) is 5.92 Å². The van der Waals surface area contributed by atoms with Crippen molar-refractivity contribution < 1.29 is 14.2 Å². The predicted octanol–water partition coefficient (Wildman–Crippen LogP) is 3.89. The minimum Gasteiger partial charge on any atom is -0.493 e. The van der Waals surface area contributed by atoms with Gasteiger partial charge in [0.2, 0.25) is 0 Å². The van der Waals surface area contributed by atoms with Gasteiger partial charge in [-0.3, -0.25) is 0 Å². The van der Waals surface area contributed by atoms with Gasteiger partial charge in [0.25, 0.3) is 0 Å². The normalized spacial score (nSPS) is 16.5. The maximum Gasteiger partial charge on any atom is 0.184 e. The van der Waals surface area contributed by atoms with Crippen LogP contribution in [-0.4, -0.2) is 19.8 Å². The molecule has 1 aliphatic heterocycles. The zero-order chi connectivity index (χ0) is 13.8. The van der Waals surface area contributed by atoms with Crippen molar-refractivity contribution >= 4 is 0 Å². The Balaban J connectivity index is 2.19. The van der Waals surface area contributed by atoms with Gasteiger partial charge in [0, 0.05) is 5.56 Å². The highest BCUT2D eigenvalue weighted by molar-refractivity contribution is 5.40. The van der Waals surface area contributed by atoms with Crippen molar-refractivity contribution in [1.29, 1.82) is 0 Å². The Labute approximate surface area is 115 Å². The Kier molecular flexibility index (Phi) is 4.83. The molecule has 0 atom stereocenters. The summed E-state index contributed by atoms with van der Waals surface area (Å²) in [5, 5.41) is 0. The van der Waals surface area contributed by atoms with Gasteiger partial charge in [-0.15, -0.1) is 0 Å². The second kappa shape index (κ2) is 6.40. The van der Waals surface area contributed by atoms with Gasteiger partial charge in [-0.05, 0) is 29.5 Å². The zero-order valence-electron chi connectivity index (χ0n) is 12.3. The lowest BCUT2D eigenvalue weighted by Gasteiger charge is -2.18. The van der Waals surface area contributed by atoms with E-state index in [2.05, 4.69) is 33.8 Å². The first-order chi connectivity index (χ1) is 9.08. The SMILES string of the molecule is CC(C)COc1ccc(C2OCCO2)cc1C(C)C. The molecule has 0 spiro atoms. The van der Waals surface area contributed by atoms with Crippen LogP contribution in [0.1, 0.15) is 51.0 Å². The van der Waals surface area contributed by atoms with E-state index >= 15 is 0 Å². The van der Waals surface area contributed by atoms with E-state index in [0.717, 1.165) is 17.9 Å². The Morgan fingerprint density at radius 3 is 2.42 bits per heavy atom. The lowest BCUT2D eigenvalue weighted by atomic mass is 9.99. The second-order valence-electron chi connectivity index (χ2n) is 5.73. The van der Waals surface area contributed by atoms with Crippen LogP contribution < -0.4 is 4.74 Å². The molecule has 0 saturated carbocycles. The van der Waals surface area contributed by atoms with Crippen molar-refractivity contribution in [2.75, 3.05) is 19.8 Å². The van der Waals surface area contributed by atoms with Crippen molar-refractivity contribution in [3.63, 3.8) is 0 Å². The smallest absolute Gasteiger partial charge is 0.184 e. The standard InChI is InChI=1S/C16H24O3/c1-11(2)10-19-15-6-5-13(9-14(15)12(3)4)16-17-7-8-18-16/h5-6,9,11-12,16H,7-8,10H2,1-4H3. The van der Waals surface area contributed by atoms with Crippen LogP contribution in [0.15, 0.2) is 18.2 Å². The number of rotatable bonds is 5. The molecule has 1 aromatic carbocycles. The molecule has 0 amide bonds. The topological polar surface area (TPSA) is 27.7 Å². The predicted molar refractivity (Wildman–Crippen MR) is 75.5 cm³/mol. The summed E-state index contributed by atoms with van der Waals surface area (Å²) >= 11 is 0. The summed E-state index contributed by atoms with van der Waals surface area (Å²) in [6, 6.07) is 6.23. The minimum absolute atomic E-state index is 0.211. The van der Waals surface area contributed by atoms with Crippen LogP contribution in [0.3, 0.4) is 0 Å². The van der Waals surface area contributed by atoms with E-state index in [9.17, 15) is 0 Å². The van der Waals surface area contributed by atoms with Crippen LogP contribution in [0.2, 0.25) is 0 Å². The average molecular weight is 264 g/mol. The lowest BCUT2D eigenvalue weighted by molar-refractivity contribution is -0.0442. The molecule has 1 heterocycles. The number of ether oxygens (including phenoxy) is 3. The Morgan fingerprint density at radius 2 is 1.84 bits per heavy atom. The molecule has 1 aliphatic rings. The largest absolute Gasteiger partial charge is 0.493 e. The maximum atomic E-state index is 5.90. The van der Waals surface area contributed by atoms with Crippen LogP contribution in [-0.2, 0) is 9.47 Å². The van der Waals surface area contributed by atoms with Crippen molar-refractivity contribution in [2.45, 2.75) is 39.9 Å². The first-order valence-electron chi connectivity index (χ1n) is 7.07. The third-order valence-corrected chi connectivity index (χ3v) is 3.12. The van der Waals surface area contributed by atoms with Gasteiger partial charge >= 0.3 is 0 Å². The van der Waals surface area contributed by atoms with E-state index in [1.54, 1.807) is 0 Å². The van der Waals surface area contributed by atoms with Gasteiger partial charge in [-0.25, -0.2) is 0 Å². The molecule has 1 aromatic rings. The summed E-state index contributed by atoms with van der Waals surface area (Å²) in [5.41, 5.74) is 2.30. The molecule has 3 heteroatoms. The molecule has 0 aliphatic carbocycles. The van der Waals surface area contributed by atoms with E-state index < -0.39 is 0 Å². The molecule has 0 radical (unpaired) electrons. The van der Waals surface area contributed by atoms with Crippen LogP contribution >= 0.6 is 0 Å². The maximum absolute atomic E-state index is 5.90. The third-order valence-electron chi connectivity index (χ3n) is 3.12. The molecule has 1 saturated heterocycles. The molecular weight excluding hydrogens is 240 g/mol. The van der Waals surface area contributed by atoms with Gasteiger partial charge in [-0.2, -0.15) is 0 Å². The van der Waals surface area contributed by atoms with Crippen molar-refractivity contribution in [2.24, 2.45) is 5.92 Å². The summed E-state index contributed by atoms with van der Waals surface area (Å²) in [6.45, 7) is 10.8. The van der Waals surface area contributed by atoms with Crippen molar-refractivity contribution in [1.82, 2.24) is 0 Å². The first-order valence-corrected chi connectivity index (χ1v) is 7.07. The summed E-state index contributed by atoms with van der Waals surface area (Å²) in [4.78, 5) is 0. The average Bonchev–Trinajstić information content (AvgIpc) is 2.89. The summed E-state index contributed by atoms with van der Waals surface area (Å²) in [5.74, 6) is 1.93. The van der Waals surface area contributed by atoms with E-state index in [1.165, 1.54) is 5.56 Å². The van der Waals surface area contributed by atoms with Crippen LogP contribution in [0.5, 0.6) is 5.75 Å². The van der Waals surface area contributed by atoms with Gasteiger partial charge < -0.3 is 14.2 Å². The molecule has 0 N–H and O–H groups in total. The van der Waals surface area contributed by atoms with Crippen LogP contribution in [0.4, 0.5) is 0 Å². The lowest BCUT2D eigenvalue weighted by Crippen LogP contribution is -2.08. The van der Waals surface area contributed by atoms with E-state index in [0.29, 0.717) is 25.0 Å². The highest BCUT2D eigenvalue weighted by Gasteiger charge is 2.20. The van der Waals surface area contributed by atoms with Gasteiger partial charge in [0.1, 0.15) is 5.75 Å². The van der Waals surface area contributed by atoms with Gasteiger partial charge in [0.15, 0.2) is 6.29 Å². The molecule has 0 unspecified atom stereocenters.